The van der Waals surface area contributed by atoms with Crippen LogP contribution in [0.2, 0.25) is 0 Å². The minimum atomic E-state index is -0.456. The molecule has 0 aliphatic rings. The molecule has 0 fully saturated rings. The van der Waals surface area contributed by atoms with E-state index in [1.54, 1.807) is 17.9 Å². The third kappa shape index (κ3) is 1.37. The zero-order valence-electron chi connectivity index (χ0n) is 9.21. The van der Waals surface area contributed by atoms with Crippen LogP contribution in [0.1, 0.15) is 5.69 Å². The zero-order valence-corrected chi connectivity index (χ0v) is 9.21. The van der Waals surface area contributed by atoms with E-state index in [9.17, 15) is 10.1 Å². The van der Waals surface area contributed by atoms with E-state index in [1.165, 1.54) is 10.8 Å². The van der Waals surface area contributed by atoms with Crippen LogP contribution in [-0.2, 0) is 14.1 Å². The fraction of sp³-hybridized carbons (Fsp3) is 0.333. The Morgan fingerprint density at radius 2 is 2.06 bits per heavy atom. The summed E-state index contributed by atoms with van der Waals surface area (Å²) in [4.78, 5) is 14.3. The lowest BCUT2D eigenvalue weighted by Crippen LogP contribution is -1.99. The molecule has 7 nitrogen and oxygen atoms in total. The largest absolute Gasteiger partial charge is 0.358 e. The SMILES string of the molecule is Cc1c(-c2ncc([N+](=O)[O-])n2C)cnn1C. The number of imidazole rings is 1. The highest BCUT2D eigenvalue weighted by Crippen LogP contribution is 2.24. The topological polar surface area (TPSA) is 78.8 Å². The molecular weight excluding hydrogens is 210 g/mol. The van der Waals surface area contributed by atoms with Crippen LogP contribution in [0.15, 0.2) is 12.4 Å². The van der Waals surface area contributed by atoms with E-state index >= 15 is 0 Å². The fourth-order valence-corrected chi connectivity index (χ4v) is 1.54. The Morgan fingerprint density at radius 3 is 2.50 bits per heavy atom. The molecule has 0 bridgehead atoms. The molecule has 2 aromatic rings. The van der Waals surface area contributed by atoms with Crippen molar-refractivity contribution in [1.29, 1.82) is 0 Å². The summed E-state index contributed by atoms with van der Waals surface area (Å²) < 4.78 is 3.15. The van der Waals surface area contributed by atoms with E-state index in [1.807, 2.05) is 14.0 Å². The molecule has 0 aromatic carbocycles. The van der Waals surface area contributed by atoms with Crippen LogP contribution in [-0.4, -0.2) is 24.3 Å². The molecule has 0 aliphatic heterocycles. The maximum Gasteiger partial charge on any atom is 0.342 e. The van der Waals surface area contributed by atoms with Crippen LogP contribution >= 0.6 is 0 Å². The van der Waals surface area contributed by atoms with Gasteiger partial charge in [0.15, 0.2) is 0 Å². The number of hydrogen-bond acceptors (Lipinski definition) is 4. The van der Waals surface area contributed by atoms with Gasteiger partial charge in [-0.3, -0.25) is 4.68 Å². The van der Waals surface area contributed by atoms with Crippen molar-refractivity contribution >= 4 is 5.82 Å². The molecule has 7 heteroatoms. The number of nitrogens with zero attached hydrogens (tertiary/aromatic N) is 5. The number of aryl methyl sites for hydroxylation is 1. The van der Waals surface area contributed by atoms with Gasteiger partial charge in [-0.1, -0.05) is 0 Å². The molecule has 2 aromatic heterocycles. The standard InChI is InChI=1S/C9H11N5O2/c1-6-7(4-11-13(6)3)9-10-5-8(12(9)2)14(15)16/h4-5H,1-3H3. The highest BCUT2D eigenvalue weighted by Gasteiger charge is 2.20. The van der Waals surface area contributed by atoms with Crippen LogP contribution in [0, 0.1) is 17.0 Å². The van der Waals surface area contributed by atoms with Crippen LogP contribution in [0.3, 0.4) is 0 Å². The summed E-state index contributed by atoms with van der Waals surface area (Å²) in [7, 11) is 3.43. The summed E-state index contributed by atoms with van der Waals surface area (Å²) in [5.74, 6) is 0.524. The number of rotatable bonds is 2. The van der Waals surface area contributed by atoms with Gasteiger partial charge in [0, 0.05) is 12.7 Å². The lowest BCUT2D eigenvalue weighted by molar-refractivity contribution is -0.391. The molecule has 0 N–H and O–H groups in total. The second kappa shape index (κ2) is 3.44. The van der Waals surface area contributed by atoms with E-state index in [-0.39, 0.29) is 5.82 Å². The van der Waals surface area contributed by atoms with Crippen molar-refractivity contribution in [2.45, 2.75) is 6.92 Å². The minimum Gasteiger partial charge on any atom is -0.358 e. The lowest BCUT2D eigenvalue weighted by Gasteiger charge is -1.98. The first-order valence-corrected chi connectivity index (χ1v) is 4.67. The maximum absolute atomic E-state index is 10.7. The fourth-order valence-electron chi connectivity index (χ4n) is 1.54. The van der Waals surface area contributed by atoms with Crippen molar-refractivity contribution in [3.63, 3.8) is 0 Å². The van der Waals surface area contributed by atoms with Gasteiger partial charge >= 0.3 is 5.82 Å². The van der Waals surface area contributed by atoms with Gasteiger partial charge in [-0.2, -0.15) is 5.10 Å². The third-order valence-corrected chi connectivity index (χ3v) is 2.63. The van der Waals surface area contributed by atoms with Gasteiger partial charge in [0.1, 0.15) is 6.20 Å². The van der Waals surface area contributed by atoms with Crippen LogP contribution < -0.4 is 0 Å². The molecule has 0 saturated heterocycles. The molecule has 0 aliphatic carbocycles. The summed E-state index contributed by atoms with van der Waals surface area (Å²) in [5.41, 5.74) is 1.72. The first-order valence-electron chi connectivity index (χ1n) is 4.67. The molecule has 16 heavy (non-hydrogen) atoms. The van der Waals surface area contributed by atoms with Crippen molar-refractivity contribution < 1.29 is 4.92 Å². The molecular formula is C9H11N5O2. The minimum absolute atomic E-state index is 0.0294. The van der Waals surface area contributed by atoms with Gasteiger partial charge < -0.3 is 10.1 Å². The molecule has 0 amide bonds. The Morgan fingerprint density at radius 1 is 1.38 bits per heavy atom. The molecule has 0 spiro atoms. The molecule has 2 heterocycles. The van der Waals surface area contributed by atoms with Gasteiger partial charge in [0.2, 0.25) is 5.82 Å². The van der Waals surface area contributed by atoms with E-state index in [0.29, 0.717) is 5.82 Å². The maximum atomic E-state index is 10.7. The van der Waals surface area contributed by atoms with Crippen molar-refractivity contribution in [1.82, 2.24) is 19.3 Å². The molecule has 84 valence electrons. The first-order chi connectivity index (χ1) is 7.52. The van der Waals surface area contributed by atoms with Gasteiger partial charge in [-0.25, -0.2) is 9.55 Å². The number of aromatic nitrogens is 4. The Hall–Kier alpha value is -2.18. The van der Waals surface area contributed by atoms with Crippen molar-refractivity contribution in [3.05, 3.63) is 28.2 Å². The van der Waals surface area contributed by atoms with E-state index in [4.69, 9.17) is 0 Å². The second-order valence-electron chi connectivity index (χ2n) is 3.52. The predicted molar refractivity (Wildman–Crippen MR) is 56.8 cm³/mol. The molecule has 0 atom stereocenters. The quantitative estimate of drug-likeness (QED) is 0.560. The van der Waals surface area contributed by atoms with Crippen molar-refractivity contribution in [2.24, 2.45) is 14.1 Å². The third-order valence-electron chi connectivity index (χ3n) is 2.63. The Labute approximate surface area is 91.5 Å². The van der Waals surface area contributed by atoms with Crippen LogP contribution in [0.25, 0.3) is 11.4 Å². The second-order valence-corrected chi connectivity index (χ2v) is 3.52. The van der Waals surface area contributed by atoms with Gasteiger partial charge in [0.05, 0.1) is 18.8 Å². The monoisotopic (exact) mass is 221 g/mol. The highest BCUT2D eigenvalue weighted by atomic mass is 16.6. The highest BCUT2D eigenvalue weighted by molar-refractivity contribution is 5.59. The summed E-state index contributed by atoms with van der Waals surface area (Å²) in [6.07, 6.45) is 2.91. The summed E-state index contributed by atoms with van der Waals surface area (Å²) in [6, 6.07) is 0. The molecule has 0 radical (unpaired) electrons. The van der Waals surface area contributed by atoms with Gasteiger partial charge in [-0.15, -0.1) is 0 Å². The van der Waals surface area contributed by atoms with Crippen molar-refractivity contribution in [2.75, 3.05) is 0 Å². The molecule has 0 saturated carbocycles. The van der Waals surface area contributed by atoms with Crippen LogP contribution in [0.4, 0.5) is 5.82 Å². The van der Waals surface area contributed by atoms with E-state index in [2.05, 4.69) is 10.1 Å². The summed E-state index contributed by atoms with van der Waals surface area (Å²) in [5, 5.41) is 14.8. The number of hydrogen-bond donors (Lipinski definition) is 0. The lowest BCUT2D eigenvalue weighted by atomic mass is 10.2. The molecule has 0 unspecified atom stereocenters. The van der Waals surface area contributed by atoms with Gasteiger partial charge in [-0.05, 0) is 11.8 Å². The first kappa shape index (κ1) is 10.3. The zero-order chi connectivity index (χ0) is 11.9. The Bertz CT molecular complexity index is 554. The number of nitro groups is 1. The van der Waals surface area contributed by atoms with Crippen LogP contribution in [0.5, 0.6) is 0 Å². The van der Waals surface area contributed by atoms with E-state index in [0.717, 1.165) is 11.3 Å². The van der Waals surface area contributed by atoms with Crippen molar-refractivity contribution in [3.8, 4) is 11.4 Å². The summed E-state index contributed by atoms with van der Waals surface area (Å²) in [6.45, 7) is 1.89. The average Bonchev–Trinajstić information content (AvgIpc) is 2.73. The Kier molecular flexibility index (Phi) is 2.22. The molecule has 2 rings (SSSR count). The Balaban J connectivity index is 2.57. The van der Waals surface area contributed by atoms with Gasteiger partial charge in [0.25, 0.3) is 0 Å². The van der Waals surface area contributed by atoms with E-state index < -0.39 is 4.92 Å². The average molecular weight is 221 g/mol. The smallest absolute Gasteiger partial charge is 0.342 e. The normalized spacial score (nSPS) is 10.7. The summed E-state index contributed by atoms with van der Waals surface area (Å²) >= 11 is 0. The predicted octanol–water partition coefficient (Wildman–Crippen LogP) is 1.04.